The molecule has 0 aromatic heterocycles. The lowest BCUT2D eigenvalue weighted by Gasteiger charge is -2.53. The summed E-state index contributed by atoms with van der Waals surface area (Å²) in [6, 6.07) is 0. The molecule has 1 aliphatic rings. The fraction of sp³-hybridized carbons (Fsp3) is 0.909. The Bertz CT molecular complexity index is 264. The number of hydrogen-bond acceptors (Lipinski definition) is 3. The molecule has 0 aliphatic carbocycles. The Morgan fingerprint density at radius 2 is 2.06 bits per heavy atom. The Morgan fingerprint density at radius 3 is 2.47 bits per heavy atom. The number of carboxylic acid groups (broad SMARTS) is 1. The number of aliphatic hydroxyl groups excluding tert-OH is 1. The molecular formula is C11H23ClN2O3. The molecule has 1 aliphatic heterocycles. The highest BCUT2D eigenvalue weighted by Gasteiger charge is 2.49. The van der Waals surface area contributed by atoms with Crippen LogP contribution >= 0.6 is 12.4 Å². The number of aliphatic hydroxyl groups is 1. The van der Waals surface area contributed by atoms with Crippen LogP contribution in [0, 0.1) is 5.41 Å². The van der Waals surface area contributed by atoms with Crippen LogP contribution in [-0.4, -0.2) is 53.0 Å². The van der Waals surface area contributed by atoms with Crippen molar-refractivity contribution in [2.24, 2.45) is 5.41 Å². The normalized spacial score (nSPS) is 25.3. The fourth-order valence-corrected chi connectivity index (χ4v) is 2.53. The minimum atomic E-state index is -0.898. The largest absolute Gasteiger partial charge is 0.465 e. The second-order valence-corrected chi connectivity index (χ2v) is 5.37. The molecule has 1 saturated heterocycles. The first-order chi connectivity index (χ1) is 7.35. The van der Waals surface area contributed by atoms with Crippen molar-refractivity contribution in [3.05, 3.63) is 0 Å². The number of nitrogens with zero attached hydrogens (tertiary/aromatic N) is 1. The van der Waals surface area contributed by atoms with Crippen LogP contribution in [0.2, 0.25) is 0 Å². The predicted molar refractivity (Wildman–Crippen MR) is 68.7 cm³/mol. The van der Waals surface area contributed by atoms with E-state index in [1.165, 1.54) is 4.90 Å². The summed E-state index contributed by atoms with van der Waals surface area (Å²) in [6.45, 7) is 7.82. The summed E-state index contributed by atoms with van der Waals surface area (Å²) < 4.78 is 0. The zero-order valence-corrected chi connectivity index (χ0v) is 11.5. The summed E-state index contributed by atoms with van der Waals surface area (Å²) in [7, 11) is 0. The van der Waals surface area contributed by atoms with Gasteiger partial charge in [0.2, 0.25) is 0 Å². The van der Waals surface area contributed by atoms with Gasteiger partial charge in [-0.1, -0.05) is 20.8 Å². The third-order valence-corrected chi connectivity index (χ3v) is 3.60. The Balaban J connectivity index is 0.00000256. The SMILES string of the molecule is CC(C)(C)[C@@]1(CCO)CNCCN1C(=O)O.Cl. The van der Waals surface area contributed by atoms with Crippen LogP contribution in [0.5, 0.6) is 0 Å². The highest BCUT2D eigenvalue weighted by Crippen LogP contribution is 2.39. The van der Waals surface area contributed by atoms with Crippen LogP contribution in [0.25, 0.3) is 0 Å². The van der Waals surface area contributed by atoms with E-state index in [0.717, 1.165) is 0 Å². The molecule has 0 bridgehead atoms. The average molecular weight is 267 g/mol. The summed E-state index contributed by atoms with van der Waals surface area (Å²) in [6.07, 6.45) is -0.430. The lowest BCUT2D eigenvalue weighted by atomic mass is 9.69. The van der Waals surface area contributed by atoms with Crippen LogP contribution < -0.4 is 5.32 Å². The third kappa shape index (κ3) is 3.03. The standard InChI is InChI=1S/C11H22N2O3.ClH/c1-10(2,3)11(4-7-14)8-12-5-6-13(11)9(15)16;/h12,14H,4-8H2,1-3H3,(H,15,16);1H/t11-;/m1./s1. The van der Waals surface area contributed by atoms with Gasteiger partial charge in [0.25, 0.3) is 0 Å². The van der Waals surface area contributed by atoms with E-state index in [9.17, 15) is 15.0 Å². The Hall–Kier alpha value is -0.520. The van der Waals surface area contributed by atoms with Gasteiger partial charge >= 0.3 is 6.09 Å². The molecule has 0 aromatic rings. The zero-order valence-electron chi connectivity index (χ0n) is 10.7. The first-order valence-corrected chi connectivity index (χ1v) is 5.67. The molecule has 1 heterocycles. The molecule has 0 unspecified atom stereocenters. The average Bonchev–Trinajstić information content (AvgIpc) is 2.16. The van der Waals surface area contributed by atoms with Crippen molar-refractivity contribution >= 4 is 18.5 Å². The van der Waals surface area contributed by atoms with Crippen molar-refractivity contribution in [2.45, 2.75) is 32.7 Å². The van der Waals surface area contributed by atoms with E-state index in [2.05, 4.69) is 5.32 Å². The van der Waals surface area contributed by atoms with Gasteiger partial charge in [-0.05, 0) is 11.8 Å². The molecule has 1 amide bonds. The second kappa shape index (κ2) is 5.89. The molecule has 3 N–H and O–H groups in total. The summed E-state index contributed by atoms with van der Waals surface area (Å²) in [5, 5.41) is 21.7. The number of hydrogen-bond donors (Lipinski definition) is 3. The topological polar surface area (TPSA) is 72.8 Å². The van der Waals surface area contributed by atoms with Gasteiger partial charge in [-0.3, -0.25) is 4.90 Å². The van der Waals surface area contributed by atoms with Crippen molar-refractivity contribution < 1.29 is 15.0 Å². The van der Waals surface area contributed by atoms with E-state index >= 15 is 0 Å². The number of nitrogens with one attached hydrogen (secondary N) is 1. The molecule has 1 rings (SSSR count). The Labute approximate surface area is 109 Å². The van der Waals surface area contributed by atoms with E-state index < -0.39 is 11.6 Å². The van der Waals surface area contributed by atoms with Crippen LogP contribution in [0.4, 0.5) is 4.79 Å². The van der Waals surface area contributed by atoms with Gasteiger partial charge in [0.05, 0.1) is 5.54 Å². The molecule has 17 heavy (non-hydrogen) atoms. The van der Waals surface area contributed by atoms with E-state index in [4.69, 9.17) is 0 Å². The van der Waals surface area contributed by atoms with Gasteiger partial charge in [0.15, 0.2) is 0 Å². The molecule has 6 heteroatoms. The maximum Gasteiger partial charge on any atom is 0.407 e. The molecule has 102 valence electrons. The van der Waals surface area contributed by atoms with Gasteiger partial charge < -0.3 is 15.5 Å². The van der Waals surface area contributed by atoms with Gasteiger partial charge in [0, 0.05) is 26.2 Å². The number of piperazine rings is 1. The van der Waals surface area contributed by atoms with Crippen LogP contribution in [0.1, 0.15) is 27.2 Å². The summed E-state index contributed by atoms with van der Waals surface area (Å²) in [4.78, 5) is 12.8. The van der Waals surface area contributed by atoms with Crippen molar-refractivity contribution in [2.75, 3.05) is 26.2 Å². The van der Waals surface area contributed by atoms with Gasteiger partial charge in [-0.25, -0.2) is 4.79 Å². The minimum absolute atomic E-state index is 0. The van der Waals surface area contributed by atoms with Crippen molar-refractivity contribution in [1.29, 1.82) is 0 Å². The second-order valence-electron chi connectivity index (χ2n) is 5.37. The summed E-state index contributed by atoms with van der Waals surface area (Å²) >= 11 is 0. The molecular weight excluding hydrogens is 244 g/mol. The maximum atomic E-state index is 11.3. The molecule has 0 saturated carbocycles. The van der Waals surface area contributed by atoms with E-state index in [0.29, 0.717) is 26.1 Å². The molecule has 5 nitrogen and oxygen atoms in total. The Morgan fingerprint density at radius 1 is 1.47 bits per heavy atom. The first-order valence-electron chi connectivity index (χ1n) is 5.67. The van der Waals surface area contributed by atoms with Crippen molar-refractivity contribution in [3.8, 4) is 0 Å². The summed E-state index contributed by atoms with van der Waals surface area (Å²) in [5.41, 5.74) is -0.729. The maximum absolute atomic E-state index is 11.3. The molecule has 0 radical (unpaired) electrons. The van der Waals surface area contributed by atoms with Gasteiger partial charge in [-0.2, -0.15) is 0 Å². The fourth-order valence-electron chi connectivity index (χ4n) is 2.53. The molecule has 0 spiro atoms. The number of halogens is 1. The molecule has 1 atom stereocenters. The number of carbonyl (C=O) groups is 1. The van der Waals surface area contributed by atoms with E-state index in [-0.39, 0.29) is 24.4 Å². The Kier molecular flexibility index (Phi) is 5.71. The van der Waals surface area contributed by atoms with Crippen LogP contribution in [0.3, 0.4) is 0 Å². The number of amides is 1. The first kappa shape index (κ1) is 16.5. The smallest absolute Gasteiger partial charge is 0.407 e. The summed E-state index contributed by atoms with van der Waals surface area (Å²) in [5.74, 6) is 0. The lowest BCUT2D eigenvalue weighted by Crippen LogP contribution is -2.68. The predicted octanol–water partition coefficient (Wildman–Crippen LogP) is 1.16. The van der Waals surface area contributed by atoms with Crippen LogP contribution in [0.15, 0.2) is 0 Å². The quantitative estimate of drug-likeness (QED) is 0.701. The van der Waals surface area contributed by atoms with Gasteiger partial charge in [-0.15, -0.1) is 12.4 Å². The van der Waals surface area contributed by atoms with Crippen LogP contribution in [-0.2, 0) is 0 Å². The third-order valence-electron chi connectivity index (χ3n) is 3.60. The lowest BCUT2D eigenvalue weighted by molar-refractivity contribution is -0.0289. The van der Waals surface area contributed by atoms with Crippen molar-refractivity contribution in [3.63, 3.8) is 0 Å². The molecule has 1 fully saturated rings. The monoisotopic (exact) mass is 266 g/mol. The highest BCUT2D eigenvalue weighted by molar-refractivity contribution is 5.85. The van der Waals surface area contributed by atoms with Gasteiger partial charge in [0.1, 0.15) is 0 Å². The van der Waals surface area contributed by atoms with Crippen molar-refractivity contribution in [1.82, 2.24) is 10.2 Å². The molecule has 0 aromatic carbocycles. The highest BCUT2D eigenvalue weighted by atomic mass is 35.5. The minimum Gasteiger partial charge on any atom is -0.465 e. The van der Waals surface area contributed by atoms with E-state index in [1.807, 2.05) is 20.8 Å². The number of rotatable bonds is 2. The zero-order chi connectivity index (χ0) is 12.4. The van der Waals surface area contributed by atoms with E-state index in [1.54, 1.807) is 0 Å².